The van der Waals surface area contributed by atoms with Crippen molar-refractivity contribution >= 4 is 137 Å². The number of nitrogens with zero attached hydrogens (tertiary/aromatic N) is 16. The standard InChI is InChI=1S/C121H162N16O7S4.O.V/c1-25-130(26-2)59-63-134-83-44-33-37-48-87(83)145-110-99(134)82(43-41-42-74(9)10)91-92(106(110)141-70-55-78(17)18)115-122-114(91)123-119-96-93(103(138-67-52-75(11)12)100-111(107(96)142-71-56-79(19)20)146-88-49-38-34-45-84(88)135(100)64-60-131(27-3)28-4)117(125-119)127-121-98-95(105(140-69-54-77(15)16)102-113(109(98)144-73-58-81(23)24)148-90-51-40-36-47-86(90)137(102)66-62-133(31-7)32-8)118(129-121)128-120-97-94(116(124-115)126-120)104(139-68-53-76(13)14)101-112(108(97)143-72-57-80(21)22)147-89-50-39-35-46-85(89)136(101)65-61-132(29-5)30-6;;/h33-40,44-51,74-81H,25-32,41-43,52-73H2,1-24H3;;/q-2;;+2. The number of benzene rings is 8. The van der Waals surface area contributed by atoms with Crippen LogP contribution in [-0.2, 0) is 27.5 Å². The minimum absolute atomic E-state index is 0.270. The summed E-state index contributed by atoms with van der Waals surface area (Å²) in [5, 5.41) is 2.78. The monoisotopic (exact) mass is 2150 g/mol. The number of rotatable bonds is 52. The van der Waals surface area contributed by atoms with E-state index in [1.807, 2.05) is 0 Å². The third-order valence-corrected chi connectivity index (χ3v) is 34.1. The van der Waals surface area contributed by atoms with Gasteiger partial charge >= 0.3 is 21.0 Å². The zero-order valence-corrected chi connectivity index (χ0v) is 98.4. The number of ether oxygens (including phenoxy) is 7. The van der Waals surface area contributed by atoms with Gasteiger partial charge in [-0.25, -0.2) is 9.97 Å². The van der Waals surface area contributed by atoms with Crippen LogP contribution in [-0.4, -0.2) is 200 Å². The normalized spacial score (nSPS) is 13.4. The van der Waals surface area contributed by atoms with Crippen LogP contribution in [0.15, 0.2) is 136 Å². The van der Waals surface area contributed by atoms with Crippen molar-refractivity contribution in [2.24, 2.45) is 47.3 Å². The molecule has 0 amide bonds. The third kappa shape index (κ3) is 24.6. The average Bonchev–Trinajstić information content (AvgIpc) is 1.53. The van der Waals surface area contributed by atoms with Gasteiger partial charge in [0.15, 0.2) is 17.2 Å². The first-order chi connectivity index (χ1) is 72.7. The van der Waals surface area contributed by atoms with Gasteiger partial charge in [0.1, 0.15) is 40.1 Å². The van der Waals surface area contributed by atoms with E-state index in [2.05, 4.69) is 302 Å². The quantitative estimate of drug-likeness (QED) is 0.0346. The number of aromatic nitrogens is 8. The Hall–Kier alpha value is -9.46. The molecule has 9 heterocycles. The Kier molecular flexibility index (Phi) is 39.4. The molecule has 803 valence electrons. The molecule has 0 aliphatic carbocycles. The van der Waals surface area contributed by atoms with Gasteiger partial charge < -0.3 is 102 Å². The molecule has 0 spiro atoms. The zero-order valence-electron chi connectivity index (χ0n) is 93.7. The molecule has 150 heavy (non-hydrogen) atoms. The molecule has 0 saturated heterocycles. The Bertz CT molecular complexity index is 6300. The maximum absolute atomic E-state index is 8.19. The molecule has 8 bridgehead atoms. The first kappa shape index (κ1) is 113. The molecule has 24 nitrogen and oxygen atoms in total. The second-order valence-electron chi connectivity index (χ2n) is 43.5. The van der Waals surface area contributed by atoms with Crippen LogP contribution in [0.5, 0.6) is 40.2 Å². The molecule has 0 N–H and O–H groups in total. The first-order valence-corrected chi connectivity index (χ1v) is 59.9. The second kappa shape index (κ2) is 52.2. The SMILES string of the molecule is CCN(CC)CCN1c2ccccc2Sc2c(OCCC(C)C)c3c(c(OCCC(C)C)c21)-c1nc-3nc2[n-]c(nc3nc(nc4[n-]c(n1)c1c(OCCC(C)C)c5c(c(CCCC(C)C)c41)N(CCN(CC)CC)c1ccccc1S5)-c1c(OCCC(C)C)c4c(c(OCCC(C)C)c1-3)N(CCN(CC)CC)c1ccccc1S4)c1c(OCCC(C)C)c3c(c(OCCC(C)C)c21)N(CCN(CC)CC)c1ccccc1S3.[O]=[V+2]. The fourth-order valence-electron chi connectivity index (χ4n) is 20.5. The third-order valence-electron chi connectivity index (χ3n) is 29.5. The summed E-state index contributed by atoms with van der Waals surface area (Å²) in [6.07, 6.45) is 7.74. The number of para-hydroxylation sites is 4. The first-order valence-electron chi connectivity index (χ1n) is 56.0. The fraction of sp³-hybridized carbons (Fsp3) is 0.537. The molecule has 17 rings (SSSR count). The van der Waals surface area contributed by atoms with Crippen molar-refractivity contribution in [1.29, 1.82) is 0 Å². The van der Waals surface area contributed by atoms with Crippen LogP contribution in [0.2, 0.25) is 0 Å². The van der Waals surface area contributed by atoms with Crippen LogP contribution in [0.1, 0.15) is 230 Å². The number of likely N-dealkylation sites (N-methyl/N-ethyl adjacent to an activating group) is 4. The molecule has 3 aromatic heterocycles. The molecule has 11 aromatic rings. The van der Waals surface area contributed by atoms with E-state index in [4.69, 9.17) is 76.7 Å². The van der Waals surface area contributed by atoms with Crippen molar-refractivity contribution in [1.82, 2.24) is 59.5 Å². The molecule has 0 atom stereocenters. The summed E-state index contributed by atoms with van der Waals surface area (Å²) < 4.78 is 63.8. The van der Waals surface area contributed by atoms with Crippen LogP contribution in [0.25, 0.3) is 89.7 Å². The van der Waals surface area contributed by atoms with Gasteiger partial charge in [-0.2, -0.15) is 0 Å². The number of aryl methyl sites for hydroxylation is 1. The van der Waals surface area contributed by atoms with Crippen molar-refractivity contribution < 1.29 is 54.2 Å². The number of anilines is 8. The van der Waals surface area contributed by atoms with Gasteiger partial charge in [0.25, 0.3) is 0 Å². The molecular formula is C121H162N16O8S4V. The van der Waals surface area contributed by atoms with Crippen molar-refractivity contribution in [3.8, 4) is 85.8 Å². The van der Waals surface area contributed by atoms with E-state index in [1.165, 1.54) is 0 Å². The summed E-state index contributed by atoms with van der Waals surface area (Å²) >= 11 is 8.01. The van der Waals surface area contributed by atoms with E-state index in [0.29, 0.717) is 210 Å². The van der Waals surface area contributed by atoms with Crippen LogP contribution in [0.3, 0.4) is 0 Å². The van der Waals surface area contributed by atoms with Gasteiger partial charge in [-0.15, -0.1) is 0 Å². The Morgan fingerprint density at radius 2 is 0.507 bits per heavy atom. The Balaban J connectivity index is 0.00000796. The Morgan fingerprint density at radius 1 is 0.280 bits per heavy atom. The van der Waals surface area contributed by atoms with Crippen molar-refractivity contribution in [2.45, 2.75) is 270 Å². The van der Waals surface area contributed by atoms with Gasteiger partial charge in [0.2, 0.25) is 0 Å². The van der Waals surface area contributed by atoms with Gasteiger partial charge in [-0.1, -0.05) is 268 Å². The van der Waals surface area contributed by atoms with E-state index in [1.54, 1.807) is 47.0 Å². The molecule has 6 aliphatic rings. The van der Waals surface area contributed by atoms with Gasteiger partial charge in [0, 0.05) is 116 Å². The molecule has 8 aromatic carbocycles. The van der Waals surface area contributed by atoms with Crippen LogP contribution >= 0.6 is 47.0 Å². The Morgan fingerprint density at radius 3 is 0.800 bits per heavy atom. The summed E-state index contributed by atoms with van der Waals surface area (Å²) in [4.78, 5) is 78.9. The number of hydrogen-bond donors (Lipinski definition) is 0. The predicted octanol–water partition coefficient (Wildman–Crippen LogP) is 29.7. The summed E-state index contributed by atoms with van der Waals surface area (Å²) in [5.74, 6) is 8.09. The zero-order chi connectivity index (χ0) is 106. The maximum atomic E-state index is 8.19. The Labute approximate surface area is 919 Å². The van der Waals surface area contributed by atoms with Crippen LogP contribution in [0.4, 0.5) is 45.5 Å². The number of hydrogen-bond acceptors (Lipinski definition) is 26. The summed E-state index contributed by atoms with van der Waals surface area (Å²) in [6, 6.07) is 35.5. The van der Waals surface area contributed by atoms with Crippen LogP contribution in [0, 0.1) is 47.3 Å². The predicted molar refractivity (Wildman–Crippen MR) is 619 cm³/mol. The average molecular weight is 2150 g/mol. The molecule has 0 radical (unpaired) electrons. The van der Waals surface area contributed by atoms with E-state index in [0.717, 1.165) is 255 Å². The molecule has 29 heteroatoms. The molecule has 0 fully saturated rings. The van der Waals surface area contributed by atoms with Crippen molar-refractivity contribution in [3.05, 3.63) is 103 Å². The summed E-state index contributed by atoms with van der Waals surface area (Å²) in [5.41, 5.74) is 13.1. The van der Waals surface area contributed by atoms with Crippen molar-refractivity contribution in [3.63, 3.8) is 0 Å². The second-order valence-corrected chi connectivity index (χ2v) is 47.7. The fourth-order valence-corrected chi connectivity index (χ4v) is 25.3. The number of fused-ring (bicyclic) bond motifs is 28. The van der Waals surface area contributed by atoms with E-state index < -0.39 is 0 Å². The summed E-state index contributed by atoms with van der Waals surface area (Å²) in [7, 11) is 0. The molecule has 0 saturated carbocycles. The molecule has 6 aliphatic heterocycles. The minimum atomic E-state index is 0.270. The topological polar surface area (TPSA) is 213 Å². The molecular weight excluding hydrogens is 1980 g/mol. The van der Waals surface area contributed by atoms with E-state index >= 15 is 0 Å². The summed E-state index contributed by atoms with van der Waals surface area (Å²) in [6.45, 7) is 69.9. The van der Waals surface area contributed by atoms with Crippen LogP contribution < -0.4 is 62.7 Å². The van der Waals surface area contributed by atoms with E-state index in [9.17, 15) is 0 Å². The van der Waals surface area contributed by atoms with Gasteiger partial charge in [-0.3, -0.25) is 0 Å². The van der Waals surface area contributed by atoms with Gasteiger partial charge in [0.05, 0.1) is 140 Å². The van der Waals surface area contributed by atoms with Crippen molar-refractivity contribution in [2.75, 3.05) is 171 Å². The van der Waals surface area contributed by atoms with Gasteiger partial charge in [-0.05, 0) is 212 Å². The van der Waals surface area contributed by atoms with E-state index in [-0.39, 0.29) is 35.5 Å². The molecule has 0 unspecified atom stereocenters.